The summed E-state index contributed by atoms with van der Waals surface area (Å²) in [6.45, 7) is 3.59. The van der Waals surface area contributed by atoms with Gasteiger partial charge in [-0.3, -0.25) is 4.79 Å². The van der Waals surface area contributed by atoms with Gasteiger partial charge in [-0.05, 0) is 32.0 Å². The Morgan fingerprint density at radius 3 is 2.67 bits per heavy atom. The van der Waals surface area contributed by atoms with Crippen LogP contribution in [-0.2, 0) is 19.6 Å². The number of ether oxygens (including phenoxy) is 1. The van der Waals surface area contributed by atoms with E-state index in [0.29, 0.717) is 16.9 Å². The second-order valence-electron chi connectivity index (χ2n) is 6.16. The third kappa shape index (κ3) is 4.53. The first-order valence-electron chi connectivity index (χ1n) is 8.62. The molecule has 8 heteroatoms. The van der Waals surface area contributed by atoms with Crippen molar-refractivity contribution in [3.05, 3.63) is 48.5 Å². The van der Waals surface area contributed by atoms with Gasteiger partial charge in [0.05, 0.1) is 29.0 Å². The zero-order valence-corrected chi connectivity index (χ0v) is 15.9. The first-order chi connectivity index (χ1) is 12.9. The molecule has 0 saturated heterocycles. The van der Waals surface area contributed by atoms with Gasteiger partial charge >= 0.3 is 5.97 Å². The summed E-state index contributed by atoms with van der Waals surface area (Å²) in [6, 6.07) is 13.7. The standard InChI is InChI=1S/C19H21N3O4S/c1-3-26-18(23)11-13(2)22-27(24,25)15-9-10-16-17(12-15)21-19(20-16)14-7-5-4-6-8-14/h4-10,12-13,22H,3,11H2,1-2H3,(H,20,21). The number of carbonyl (C=O) groups is 1. The van der Waals surface area contributed by atoms with Crippen molar-refractivity contribution in [2.75, 3.05) is 6.61 Å². The fourth-order valence-electron chi connectivity index (χ4n) is 2.73. The van der Waals surface area contributed by atoms with E-state index in [1.54, 1.807) is 19.9 Å². The topological polar surface area (TPSA) is 101 Å². The highest BCUT2D eigenvalue weighted by atomic mass is 32.2. The van der Waals surface area contributed by atoms with Gasteiger partial charge in [-0.25, -0.2) is 18.1 Å². The van der Waals surface area contributed by atoms with Crippen molar-refractivity contribution in [2.45, 2.75) is 31.2 Å². The number of aromatic amines is 1. The van der Waals surface area contributed by atoms with E-state index in [9.17, 15) is 13.2 Å². The van der Waals surface area contributed by atoms with E-state index in [0.717, 1.165) is 5.56 Å². The average Bonchev–Trinajstić information content (AvgIpc) is 3.05. The average molecular weight is 387 g/mol. The SMILES string of the molecule is CCOC(=O)CC(C)NS(=O)(=O)c1ccc2nc(-c3ccccc3)[nH]c2c1. The molecule has 0 aliphatic rings. The third-order valence-electron chi connectivity index (χ3n) is 3.95. The summed E-state index contributed by atoms with van der Waals surface area (Å²) >= 11 is 0. The summed E-state index contributed by atoms with van der Waals surface area (Å²) in [6.07, 6.45) is -0.0302. The predicted molar refractivity (Wildman–Crippen MR) is 103 cm³/mol. The van der Waals surface area contributed by atoms with Gasteiger partial charge in [0.2, 0.25) is 10.0 Å². The van der Waals surface area contributed by atoms with Crippen LogP contribution in [0.15, 0.2) is 53.4 Å². The maximum atomic E-state index is 12.6. The lowest BCUT2D eigenvalue weighted by Gasteiger charge is -2.13. The van der Waals surface area contributed by atoms with Crippen LogP contribution in [0.5, 0.6) is 0 Å². The molecule has 3 rings (SSSR count). The number of imidazole rings is 1. The lowest BCUT2D eigenvalue weighted by Crippen LogP contribution is -2.34. The van der Waals surface area contributed by atoms with Gasteiger partial charge in [-0.15, -0.1) is 0 Å². The number of hydrogen-bond acceptors (Lipinski definition) is 5. The van der Waals surface area contributed by atoms with Gasteiger partial charge in [0, 0.05) is 11.6 Å². The normalized spacial score (nSPS) is 12.8. The zero-order valence-electron chi connectivity index (χ0n) is 15.1. The van der Waals surface area contributed by atoms with E-state index in [2.05, 4.69) is 14.7 Å². The van der Waals surface area contributed by atoms with E-state index in [1.807, 2.05) is 30.3 Å². The molecule has 1 heterocycles. The number of aromatic nitrogens is 2. The number of hydrogen-bond donors (Lipinski definition) is 2. The summed E-state index contributed by atoms with van der Waals surface area (Å²) in [5.41, 5.74) is 2.21. The Morgan fingerprint density at radius 2 is 1.96 bits per heavy atom. The lowest BCUT2D eigenvalue weighted by atomic mass is 10.2. The highest BCUT2D eigenvalue weighted by Gasteiger charge is 2.20. The highest BCUT2D eigenvalue weighted by Crippen LogP contribution is 2.22. The summed E-state index contributed by atoms with van der Waals surface area (Å²) < 4.78 is 32.6. The molecule has 27 heavy (non-hydrogen) atoms. The molecule has 0 spiro atoms. The van der Waals surface area contributed by atoms with Crippen molar-refractivity contribution in [1.29, 1.82) is 0 Å². The third-order valence-corrected chi connectivity index (χ3v) is 5.53. The quantitative estimate of drug-likeness (QED) is 0.607. The minimum atomic E-state index is -3.77. The summed E-state index contributed by atoms with van der Waals surface area (Å²) in [5.74, 6) is 0.230. The Kier molecular flexibility index (Phi) is 5.57. The smallest absolute Gasteiger partial charge is 0.307 e. The van der Waals surface area contributed by atoms with E-state index >= 15 is 0 Å². The van der Waals surface area contributed by atoms with E-state index < -0.39 is 22.0 Å². The molecule has 0 bridgehead atoms. The van der Waals surface area contributed by atoms with Crippen LogP contribution in [0.3, 0.4) is 0 Å². The first kappa shape index (κ1) is 19.1. The van der Waals surface area contributed by atoms with Crippen molar-refractivity contribution in [2.24, 2.45) is 0 Å². The van der Waals surface area contributed by atoms with Crippen LogP contribution in [-0.4, -0.2) is 37.0 Å². The van der Waals surface area contributed by atoms with Gasteiger partial charge < -0.3 is 9.72 Å². The van der Waals surface area contributed by atoms with E-state index in [-0.39, 0.29) is 17.9 Å². The number of carbonyl (C=O) groups excluding carboxylic acids is 1. The molecule has 1 atom stereocenters. The molecule has 0 aliphatic heterocycles. The maximum Gasteiger partial charge on any atom is 0.307 e. The van der Waals surface area contributed by atoms with Gasteiger partial charge in [-0.1, -0.05) is 30.3 Å². The molecule has 142 valence electrons. The second kappa shape index (κ2) is 7.89. The predicted octanol–water partition coefficient (Wildman–Crippen LogP) is 2.85. The maximum absolute atomic E-state index is 12.6. The van der Waals surface area contributed by atoms with Crippen LogP contribution in [0, 0.1) is 0 Å². The fourth-order valence-corrected chi connectivity index (χ4v) is 4.00. The van der Waals surface area contributed by atoms with Crippen LogP contribution >= 0.6 is 0 Å². The van der Waals surface area contributed by atoms with Gasteiger partial charge in [-0.2, -0.15) is 0 Å². The molecule has 0 radical (unpaired) electrons. The Labute approximate surface area is 157 Å². The Bertz CT molecular complexity index is 1050. The minimum absolute atomic E-state index is 0.0302. The molecular weight excluding hydrogens is 366 g/mol. The number of nitrogens with zero attached hydrogens (tertiary/aromatic N) is 1. The van der Waals surface area contributed by atoms with Crippen molar-refractivity contribution in [3.8, 4) is 11.4 Å². The molecular formula is C19H21N3O4S. The van der Waals surface area contributed by atoms with E-state index in [1.165, 1.54) is 12.1 Å². The largest absolute Gasteiger partial charge is 0.466 e. The van der Waals surface area contributed by atoms with Crippen molar-refractivity contribution in [3.63, 3.8) is 0 Å². The second-order valence-corrected chi connectivity index (χ2v) is 7.88. The number of rotatable bonds is 7. The molecule has 2 aromatic carbocycles. The van der Waals surface area contributed by atoms with Crippen molar-refractivity contribution in [1.82, 2.24) is 14.7 Å². The Morgan fingerprint density at radius 1 is 1.22 bits per heavy atom. The Hall–Kier alpha value is -2.71. The Balaban J connectivity index is 1.82. The van der Waals surface area contributed by atoms with Gasteiger partial charge in [0.1, 0.15) is 5.82 Å². The zero-order chi connectivity index (χ0) is 19.4. The van der Waals surface area contributed by atoms with Crippen LogP contribution < -0.4 is 4.72 Å². The molecule has 0 saturated carbocycles. The number of sulfonamides is 1. The lowest BCUT2D eigenvalue weighted by molar-refractivity contribution is -0.143. The fraction of sp³-hybridized carbons (Fsp3) is 0.263. The van der Waals surface area contributed by atoms with Crippen molar-refractivity contribution < 1.29 is 17.9 Å². The summed E-state index contributed by atoms with van der Waals surface area (Å²) in [7, 11) is -3.77. The number of benzene rings is 2. The highest BCUT2D eigenvalue weighted by molar-refractivity contribution is 7.89. The number of esters is 1. The summed E-state index contributed by atoms with van der Waals surface area (Å²) in [5, 5.41) is 0. The molecule has 0 aliphatic carbocycles. The van der Waals surface area contributed by atoms with Crippen molar-refractivity contribution >= 4 is 27.0 Å². The molecule has 3 aromatic rings. The van der Waals surface area contributed by atoms with Crippen LogP contribution in [0.4, 0.5) is 0 Å². The summed E-state index contributed by atoms with van der Waals surface area (Å²) in [4.78, 5) is 19.3. The molecule has 2 N–H and O–H groups in total. The number of fused-ring (bicyclic) bond motifs is 1. The monoisotopic (exact) mass is 387 g/mol. The molecule has 1 unspecified atom stereocenters. The van der Waals surface area contributed by atoms with Crippen LogP contribution in [0.25, 0.3) is 22.4 Å². The molecule has 0 amide bonds. The van der Waals surface area contributed by atoms with Gasteiger partial charge in [0.25, 0.3) is 0 Å². The molecule has 7 nitrogen and oxygen atoms in total. The van der Waals surface area contributed by atoms with Crippen LogP contribution in [0.2, 0.25) is 0 Å². The van der Waals surface area contributed by atoms with E-state index in [4.69, 9.17) is 4.74 Å². The number of nitrogens with one attached hydrogen (secondary N) is 2. The first-order valence-corrected chi connectivity index (χ1v) is 10.1. The minimum Gasteiger partial charge on any atom is -0.466 e. The molecule has 0 fully saturated rings. The number of H-pyrrole nitrogens is 1. The molecule has 1 aromatic heterocycles. The van der Waals surface area contributed by atoms with Crippen LogP contribution in [0.1, 0.15) is 20.3 Å². The van der Waals surface area contributed by atoms with Gasteiger partial charge in [0.15, 0.2) is 0 Å².